The van der Waals surface area contributed by atoms with Crippen LogP contribution in [-0.2, 0) is 0 Å². The standard InChI is InChI=1S/C15H23NO/c1-11-9-13(17-3)7-8-14(11)15(16-2)10-12-5-4-6-12/h7-9,12,15-16H,4-6,10H2,1-3H3. The lowest BCUT2D eigenvalue weighted by Gasteiger charge is -2.30. The van der Waals surface area contributed by atoms with Gasteiger partial charge < -0.3 is 10.1 Å². The zero-order chi connectivity index (χ0) is 12.3. The Hall–Kier alpha value is -1.02. The van der Waals surface area contributed by atoms with Crippen LogP contribution in [0.15, 0.2) is 18.2 Å². The molecular weight excluding hydrogens is 210 g/mol. The number of aryl methyl sites for hydroxylation is 1. The topological polar surface area (TPSA) is 21.3 Å². The Kier molecular flexibility index (Phi) is 4.06. The summed E-state index contributed by atoms with van der Waals surface area (Å²) in [5.74, 6) is 1.87. The fraction of sp³-hybridized carbons (Fsp3) is 0.600. The highest BCUT2D eigenvalue weighted by Crippen LogP contribution is 2.35. The summed E-state index contributed by atoms with van der Waals surface area (Å²) in [4.78, 5) is 0. The van der Waals surface area contributed by atoms with Crippen molar-refractivity contribution < 1.29 is 4.74 Å². The number of methoxy groups -OCH3 is 1. The highest BCUT2D eigenvalue weighted by atomic mass is 16.5. The van der Waals surface area contributed by atoms with Gasteiger partial charge in [0.2, 0.25) is 0 Å². The zero-order valence-corrected chi connectivity index (χ0v) is 11.1. The van der Waals surface area contributed by atoms with Crippen molar-refractivity contribution in [3.8, 4) is 5.75 Å². The molecule has 0 radical (unpaired) electrons. The van der Waals surface area contributed by atoms with Crippen molar-refractivity contribution in [3.05, 3.63) is 29.3 Å². The molecule has 0 aliphatic heterocycles. The summed E-state index contributed by atoms with van der Waals surface area (Å²) in [5, 5.41) is 3.45. The molecule has 2 rings (SSSR count). The smallest absolute Gasteiger partial charge is 0.119 e. The van der Waals surface area contributed by atoms with E-state index >= 15 is 0 Å². The molecule has 1 unspecified atom stereocenters. The van der Waals surface area contributed by atoms with Crippen molar-refractivity contribution in [2.45, 2.75) is 38.6 Å². The van der Waals surface area contributed by atoms with E-state index in [4.69, 9.17) is 4.74 Å². The second-order valence-corrected chi connectivity index (χ2v) is 5.10. The molecule has 0 saturated heterocycles. The number of benzene rings is 1. The van der Waals surface area contributed by atoms with E-state index in [-0.39, 0.29) is 0 Å². The van der Waals surface area contributed by atoms with Gasteiger partial charge in [-0.25, -0.2) is 0 Å². The molecule has 0 heterocycles. The maximum Gasteiger partial charge on any atom is 0.119 e. The van der Waals surface area contributed by atoms with Gasteiger partial charge in [0.05, 0.1) is 7.11 Å². The monoisotopic (exact) mass is 233 g/mol. The van der Waals surface area contributed by atoms with Crippen molar-refractivity contribution in [2.75, 3.05) is 14.2 Å². The maximum absolute atomic E-state index is 5.26. The predicted molar refractivity (Wildman–Crippen MR) is 71.5 cm³/mol. The fourth-order valence-electron chi connectivity index (χ4n) is 2.63. The van der Waals surface area contributed by atoms with Gasteiger partial charge in [-0.05, 0) is 49.6 Å². The van der Waals surface area contributed by atoms with Gasteiger partial charge in [0.15, 0.2) is 0 Å². The second-order valence-electron chi connectivity index (χ2n) is 5.10. The van der Waals surface area contributed by atoms with Crippen LogP contribution in [0.25, 0.3) is 0 Å². The van der Waals surface area contributed by atoms with Gasteiger partial charge in [-0.1, -0.05) is 25.3 Å². The average Bonchev–Trinajstić information content (AvgIpc) is 2.29. The Bertz CT molecular complexity index is 371. The van der Waals surface area contributed by atoms with Crippen molar-refractivity contribution in [3.63, 3.8) is 0 Å². The van der Waals surface area contributed by atoms with E-state index in [1.54, 1.807) is 7.11 Å². The average molecular weight is 233 g/mol. The minimum absolute atomic E-state index is 0.492. The van der Waals surface area contributed by atoms with E-state index in [1.807, 2.05) is 0 Å². The summed E-state index contributed by atoms with van der Waals surface area (Å²) in [6.45, 7) is 2.17. The SMILES string of the molecule is CNC(CC1CCC1)c1ccc(OC)cc1C. The molecule has 0 amide bonds. The van der Waals surface area contributed by atoms with E-state index in [9.17, 15) is 0 Å². The van der Waals surface area contributed by atoms with Crippen LogP contribution in [0, 0.1) is 12.8 Å². The lowest BCUT2D eigenvalue weighted by Crippen LogP contribution is -2.23. The number of ether oxygens (including phenoxy) is 1. The van der Waals surface area contributed by atoms with Crippen molar-refractivity contribution in [1.29, 1.82) is 0 Å². The Morgan fingerprint density at radius 3 is 2.65 bits per heavy atom. The van der Waals surface area contributed by atoms with Crippen molar-refractivity contribution >= 4 is 0 Å². The van der Waals surface area contributed by atoms with Gasteiger partial charge >= 0.3 is 0 Å². The normalized spacial score (nSPS) is 17.6. The zero-order valence-electron chi connectivity index (χ0n) is 11.1. The Morgan fingerprint density at radius 1 is 1.41 bits per heavy atom. The van der Waals surface area contributed by atoms with Crippen LogP contribution in [0.1, 0.15) is 42.9 Å². The third-order valence-electron chi connectivity index (χ3n) is 3.99. The van der Waals surface area contributed by atoms with Gasteiger partial charge in [-0.3, -0.25) is 0 Å². The van der Waals surface area contributed by atoms with E-state index in [0.29, 0.717) is 6.04 Å². The third kappa shape index (κ3) is 2.81. The predicted octanol–water partition coefficient (Wildman–Crippen LogP) is 3.45. The van der Waals surface area contributed by atoms with Crippen LogP contribution >= 0.6 is 0 Å². The molecule has 0 aromatic heterocycles. The molecule has 1 N–H and O–H groups in total. The third-order valence-corrected chi connectivity index (χ3v) is 3.99. The van der Waals surface area contributed by atoms with Gasteiger partial charge in [-0.2, -0.15) is 0 Å². The first kappa shape index (κ1) is 12.4. The van der Waals surface area contributed by atoms with Crippen molar-refractivity contribution in [1.82, 2.24) is 5.32 Å². The molecule has 0 spiro atoms. The Morgan fingerprint density at radius 2 is 2.18 bits per heavy atom. The Labute approximate surface area is 104 Å². The van der Waals surface area contributed by atoms with Crippen molar-refractivity contribution in [2.24, 2.45) is 5.92 Å². The van der Waals surface area contributed by atoms with Crippen LogP contribution in [0.5, 0.6) is 5.75 Å². The van der Waals surface area contributed by atoms with Crippen LogP contribution in [0.3, 0.4) is 0 Å². The summed E-state index contributed by atoms with van der Waals surface area (Å²) >= 11 is 0. The first-order valence-corrected chi connectivity index (χ1v) is 6.56. The van der Waals surface area contributed by atoms with Gasteiger partial charge in [0.1, 0.15) is 5.75 Å². The van der Waals surface area contributed by atoms with Crippen LogP contribution in [0.4, 0.5) is 0 Å². The molecule has 1 aromatic carbocycles. The molecule has 2 nitrogen and oxygen atoms in total. The van der Waals surface area contributed by atoms with E-state index < -0.39 is 0 Å². The lowest BCUT2D eigenvalue weighted by molar-refractivity contribution is 0.265. The molecule has 0 bridgehead atoms. The highest BCUT2D eigenvalue weighted by Gasteiger charge is 2.23. The lowest BCUT2D eigenvalue weighted by atomic mass is 9.79. The molecule has 1 aliphatic rings. The van der Waals surface area contributed by atoms with Gasteiger partial charge in [0.25, 0.3) is 0 Å². The summed E-state index contributed by atoms with van der Waals surface area (Å²) < 4.78 is 5.26. The number of hydrogen-bond donors (Lipinski definition) is 1. The van der Waals surface area contributed by atoms with Gasteiger partial charge in [-0.15, -0.1) is 0 Å². The molecule has 1 saturated carbocycles. The number of hydrogen-bond acceptors (Lipinski definition) is 2. The molecular formula is C15H23NO. The highest BCUT2D eigenvalue weighted by molar-refractivity contribution is 5.36. The molecule has 1 fully saturated rings. The number of nitrogens with one attached hydrogen (secondary N) is 1. The largest absolute Gasteiger partial charge is 0.497 e. The summed E-state index contributed by atoms with van der Waals surface area (Å²) in [7, 11) is 3.78. The maximum atomic E-state index is 5.26. The van der Waals surface area contributed by atoms with E-state index in [0.717, 1.165) is 11.7 Å². The summed E-state index contributed by atoms with van der Waals surface area (Å²) in [6, 6.07) is 6.88. The fourth-order valence-corrected chi connectivity index (χ4v) is 2.63. The number of rotatable bonds is 5. The molecule has 1 aromatic rings. The Balaban J connectivity index is 2.11. The molecule has 94 valence electrons. The van der Waals surface area contributed by atoms with E-state index in [1.165, 1.54) is 36.8 Å². The quantitative estimate of drug-likeness (QED) is 0.841. The van der Waals surface area contributed by atoms with Gasteiger partial charge in [0, 0.05) is 6.04 Å². The molecule has 17 heavy (non-hydrogen) atoms. The van der Waals surface area contributed by atoms with E-state index in [2.05, 4.69) is 37.5 Å². The minimum atomic E-state index is 0.492. The first-order chi connectivity index (χ1) is 8.24. The molecule has 2 heteroatoms. The second kappa shape index (κ2) is 5.54. The molecule has 1 atom stereocenters. The van der Waals surface area contributed by atoms with Crippen LogP contribution < -0.4 is 10.1 Å². The summed E-state index contributed by atoms with van der Waals surface area (Å²) in [6.07, 6.45) is 5.51. The summed E-state index contributed by atoms with van der Waals surface area (Å²) in [5.41, 5.74) is 2.74. The van der Waals surface area contributed by atoms with Crippen LogP contribution in [-0.4, -0.2) is 14.2 Å². The first-order valence-electron chi connectivity index (χ1n) is 6.56. The van der Waals surface area contributed by atoms with Crippen LogP contribution in [0.2, 0.25) is 0 Å². The minimum Gasteiger partial charge on any atom is -0.497 e. The molecule has 1 aliphatic carbocycles.